The number of urea groups is 1. The molecule has 0 spiro atoms. The minimum absolute atomic E-state index is 0.0459. The molecule has 26 heavy (non-hydrogen) atoms. The summed E-state index contributed by atoms with van der Waals surface area (Å²) in [6.45, 7) is 2.50. The molecule has 10 heteroatoms. The summed E-state index contributed by atoms with van der Waals surface area (Å²) in [4.78, 5) is 23.4. The zero-order chi connectivity index (χ0) is 19.1. The van der Waals surface area contributed by atoms with E-state index in [1.807, 2.05) is 6.92 Å². The van der Waals surface area contributed by atoms with E-state index in [2.05, 4.69) is 31.3 Å². The van der Waals surface area contributed by atoms with Crippen molar-refractivity contribution in [1.82, 2.24) is 26.6 Å². The van der Waals surface area contributed by atoms with Gasteiger partial charge in [-0.25, -0.2) is 9.18 Å². The number of amides is 2. The molecule has 6 atom stereocenters. The number of methoxy groups -OCH3 is 1. The lowest BCUT2D eigenvalue weighted by Gasteiger charge is -2.37. The Morgan fingerprint density at radius 2 is 2.00 bits per heavy atom. The number of nitrogens with one attached hydrogen (secondary N) is 5. The van der Waals surface area contributed by atoms with Crippen molar-refractivity contribution < 1.29 is 18.7 Å². The van der Waals surface area contributed by atoms with Crippen molar-refractivity contribution in [3.8, 4) is 0 Å². The zero-order valence-corrected chi connectivity index (χ0v) is 15.9. The second-order valence-corrected chi connectivity index (χ2v) is 7.46. The molecule has 1 heterocycles. The number of esters is 1. The lowest BCUT2D eigenvalue weighted by Crippen LogP contribution is -2.68. The van der Waals surface area contributed by atoms with Gasteiger partial charge < -0.3 is 20.7 Å². The number of carbonyl (C=O) groups excluding carboxylic acids is 2. The number of alkyl halides is 2. The first kappa shape index (κ1) is 21.1. The van der Waals surface area contributed by atoms with Crippen LogP contribution in [0.3, 0.4) is 0 Å². The molecular formula is C16H29ClFN5O3. The highest BCUT2D eigenvalue weighted by molar-refractivity contribution is 6.21. The lowest BCUT2D eigenvalue weighted by atomic mass is 9.93. The maximum Gasteiger partial charge on any atom is 0.317 e. The zero-order valence-electron chi connectivity index (χ0n) is 15.2. The minimum Gasteiger partial charge on any atom is -0.469 e. The predicted octanol–water partition coefficient (Wildman–Crippen LogP) is 0.517. The summed E-state index contributed by atoms with van der Waals surface area (Å²) in [6.07, 6.45) is 0.989. The summed E-state index contributed by atoms with van der Waals surface area (Å²) in [7, 11) is 1.36. The molecule has 0 aromatic carbocycles. The van der Waals surface area contributed by atoms with E-state index < -0.39 is 17.8 Å². The Balaban J connectivity index is 1.73. The lowest BCUT2D eigenvalue weighted by molar-refractivity contribution is -0.140. The minimum atomic E-state index is -1.00. The molecule has 2 amide bonds. The number of carbonyl (C=O) groups is 2. The fourth-order valence-electron chi connectivity index (χ4n) is 3.27. The van der Waals surface area contributed by atoms with Gasteiger partial charge >= 0.3 is 12.0 Å². The number of hydrogen-bond acceptors (Lipinski definition) is 6. The van der Waals surface area contributed by atoms with Crippen molar-refractivity contribution in [2.75, 3.05) is 13.7 Å². The summed E-state index contributed by atoms with van der Waals surface area (Å²) < 4.78 is 18.0. The van der Waals surface area contributed by atoms with E-state index in [0.717, 1.165) is 6.42 Å². The van der Waals surface area contributed by atoms with Crippen LogP contribution in [0.4, 0.5) is 9.18 Å². The number of hydrogen-bond donors (Lipinski definition) is 5. The molecule has 0 aromatic rings. The van der Waals surface area contributed by atoms with Crippen molar-refractivity contribution in [3.63, 3.8) is 0 Å². The van der Waals surface area contributed by atoms with Crippen LogP contribution in [0.2, 0.25) is 0 Å². The molecule has 5 N–H and O–H groups in total. The van der Waals surface area contributed by atoms with Crippen molar-refractivity contribution in [2.24, 2.45) is 0 Å². The molecule has 0 bridgehead atoms. The standard InChI is InChI=1S/C16H29ClFN5O3/c1-9-7-13(19-6-5-14(24)26-2)22-15(20-9)23-16(25)21-10-3-4-12(18)11(17)8-10/h9-13,15,19-20,22H,3-8H2,1-2H3,(H2,21,23,25). The van der Waals surface area contributed by atoms with Crippen LogP contribution < -0.4 is 26.6 Å². The van der Waals surface area contributed by atoms with Crippen LogP contribution in [-0.4, -0.2) is 61.7 Å². The smallest absolute Gasteiger partial charge is 0.317 e. The maximum absolute atomic E-state index is 13.4. The van der Waals surface area contributed by atoms with Gasteiger partial charge in [0, 0.05) is 18.6 Å². The molecule has 0 aromatic heterocycles. The van der Waals surface area contributed by atoms with E-state index in [1.165, 1.54) is 7.11 Å². The van der Waals surface area contributed by atoms with Gasteiger partial charge in [0.2, 0.25) is 0 Å². The van der Waals surface area contributed by atoms with Crippen LogP contribution in [0.25, 0.3) is 0 Å². The van der Waals surface area contributed by atoms with Gasteiger partial charge in [0.05, 0.1) is 25.1 Å². The van der Waals surface area contributed by atoms with E-state index in [0.29, 0.717) is 25.8 Å². The molecule has 6 unspecified atom stereocenters. The van der Waals surface area contributed by atoms with Crippen LogP contribution in [0.15, 0.2) is 0 Å². The van der Waals surface area contributed by atoms with E-state index in [9.17, 15) is 14.0 Å². The first-order valence-electron chi connectivity index (χ1n) is 9.05. The fraction of sp³-hybridized carbons (Fsp3) is 0.875. The SMILES string of the molecule is COC(=O)CCNC1CC(C)NC(NC(=O)NC2CCC(F)C(Cl)C2)N1. The highest BCUT2D eigenvalue weighted by atomic mass is 35.5. The summed E-state index contributed by atoms with van der Waals surface area (Å²) >= 11 is 5.94. The van der Waals surface area contributed by atoms with E-state index in [4.69, 9.17) is 11.6 Å². The second-order valence-electron chi connectivity index (χ2n) is 6.90. The van der Waals surface area contributed by atoms with E-state index in [1.54, 1.807) is 0 Å². The molecule has 2 fully saturated rings. The van der Waals surface area contributed by atoms with Crippen LogP contribution >= 0.6 is 11.6 Å². The molecule has 1 aliphatic heterocycles. The Morgan fingerprint density at radius 1 is 1.23 bits per heavy atom. The molecule has 2 rings (SSSR count). The van der Waals surface area contributed by atoms with Gasteiger partial charge in [-0.2, -0.15) is 0 Å². The first-order chi connectivity index (χ1) is 12.4. The highest BCUT2D eigenvalue weighted by Gasteiger charge is 2.31. The first-order valence-corrected chi connectivity index (χ1v) is 9.48. The Bertz CT molecular complexity index is 487. The Morgan fingerprint density at radius 3 is 2.69 bits per heavy atom. The van der Waals surface area contributed by atoms with Gasteiger partial charge in [0.25, 0.3) is 0 Å². The second kappa shape index (κ2) is 10.2. The molecule has 1 saturated heterocycles. The van der Waals surface area contributed by atoms with Crippen molar-refractivity contribution in [2.45, 2.75) is 75.1 Å². The predicted molar refractivity (Wildman–Crippen MR) is 96.4 cm³/mol. The van der Waals surface area contributed by atoms with Crippen LogP contribution in [0.5, 0.6) is 0 Å². The number of halogens is 2. The number of rotatable bonds is 6. The molecule has 150 valence electrons. The topological polar surface area (TPSA) is 104 Å². The van der Waals surface area contributed by atoms with Gasteiger partial charge in [-0.1, -0.05) is 0 Å². The molecule has 2 aliphatic rings. The molecule has 1 saturated carbocycles. The summed E-state index contributed by atoms with van der Waals surface area (Å²) in [6, 6.07) is -0.283. The third-order valence-corrected chi connectivity index (χ3v) is 5.11. The van der Waals surface area contributed by atoms with Crippen molar-refractivity contribution in [3.05, 3.63) is 0 Å². The van der Waals surface area contributed by atoms with Gasteiger partial charge in [-0.3, -0.25) is 15.4 Å². The molecular weight excluding hydrogens is 365 g/mol. The Kier molecular flexibility index (Phi) is 8.33. The third kappa shape index (κ3) is 6.86. The van der Waals surface area contributed by atoms with Crippen molar-refractivity contribution in [1.29, 1.82) is 0 Å². The average Bonchev–Trinajstić information content (AvgIpc) is 2.57. The Labute approximate surface area is 158 Å². The van der Waals surface area contributed by atoms with Gasteiger partial charge in [0.1, 0.15) is 12.5 Å². The summed E-state index contributed by atoms with van der Waals surface area (Å²) in [5, 5.41) is 14.8. The third-order valence-electron chi connectivity index (χ3n) is 4.66. The average molecular weight is 394 g/mol. The quantitative estimate of drug-likeness (QED) is 0.333. The normalized spacial score (nSPS) is 34.8. The van der Waals surface area contributed by atoms with Crippen LogP contribution in [-0.2, 0) is 9.53 Å². The molecule has 1 aliphatic carbocycles. The summed E-state index contributed by atoms with van der Waals surface area (Å²) in [5.74, 6) is -0.269. The van der Waals surface area contributed by atoms with Crippen LogP contribution in [0, 0.1) is 0 Å². The van der Waals surface area contributed by atoms with E-state index in [-0.39, 0.29) is 36.7 Å². The van der Waals surface area contributed by atoms with Gasteiger partial charge in [-0.05, 0) is 32.6 Å². The fourth-order valence-corrected chi connectivity index (χ4v) is 3.61. The number of ether oxygens (including phenoxy) is 1. The van der Waals surface area contributed by atoms with Crippen molar-refractivity contribution >= 4 is 23.6 Å². The molecule has 0 radical (unpaired) electrons. The summed E-state index contributed by atoms with van der Waals surface area (Å²) in [5.41, 5.74) is 0. The monoisotopic (exact) mass is 393 g/mol. The largest absolute Gasteiger partial charge is 0.469 e. The van der Waals surface area contributed by atoms with E-state index >= 15 is 0 Å². The van der Waals surface area contributed by atoms with Gasteiger partial charge in [0.15, 0.2) is 0 Å². The molecule has 8 nitrogen and oxygen atoms in total. The Hall–Kier alpha value is -1.16. The highest BCUT2D eigenvalue weighted by Crippen LogP contribution is 2.25. The maximum atomic E-state index is 13.4. The van der Waals surface area contributed by atoms with Gasteiger partial charge in [-0.15, -0.1) is 11.6 Å². The van der Waals surface area contributed by atoms with Crippen LogP contribution in [0.1, 0.15) is 39.0 Å².